The molecule has 0 aliphatic carbocycles. The van der Waals surface area contributed by atoms with Crippen molar-refractivity contribution in [2.45, 2.75) is 6.42 Å². The van der Waals surface area contributed by atoms with Gasteiger partial charge in [-0.1, -0.05) is 12.1 Å². The average Bonchev–Trinajstić information content (AvgIpc) is 2.81. The van der Waals surface area contributed by atoms with Crippen LogP contribution in [0.3, 0.4) is 0 Å². The minimum atomic E-state index is 0.287. The van der Waals surface area contributed by atoms with Crippen LogP contribution in [0.15, 0.2) is 47.2 Å². The van der Waals surface area contributed by atoms with E-state index in [1.54, 1.807) is 6.20 Å². The Hall–Kier alpha value is -2.19. The van der Waals surface area contributed by atoms with E-state index in [4.69, 9.17) is 5.26 Å². The molecule has 0 saturated heterocycles. The lowest BCUT2D eigenvalue weighted by Gasteiger charge is -2.02. The molecule has 3 heterocycles. The first-order chi connectivity index (χ1) is 9.31. The number of aromatic nitrogens is 3. The van der Waals surface area contributed by atoms with Gasteiger partial charge in [0, 0.05) is 6.20 Å². The lowest BCUT2D eigenvalue weighted by Crippen LogP contribution is -1.95. The van der Waals surface area contributed by atoms with Crippen LogP contribution in [0, 0.1) is 11.3 Å². The molecule has 3 aromatic rings. The van der Waals surface area contributed by atoms with Gasteiger partial charge in [0.1, 0.15) is 11.3 Å². The molecule has 0 unspecified atom stereocenters. The highest BCUT2D eigenvalue weighted by molar-refractivity contribution is 9.10. The van der Waals surface area contributed by atoms with Crippen LogP contribution in [0.5, 0.6) is 0 Å². The van der Waals surface area contributed by atoms with Gasteiger partial charge < -0.3 is 0 Å². The van der Waals surface area contributed by atoms with E-state index in [0.29, 0.717) is 0 Å². The van der Waals surface area contributed by atoms with E-state index in [-0.39, 0.29) is 6.42 Å². The summed E-state index contributed by atoms with van der Waals surface area (Å²) >= 11 is 3.50. The summed E-state index contributed by atoms with van der Waals surface area (Å²) in [4.78, 5) is 8.90. The number of pyridine rings is 2. The van der Waals surface area contributed by atoms with Gasteiger partial charge in [-0.3, -0.25) is 9.38 Å². The van der Waals surface area contributed by atoms with Crippen molar-refractivity contribution in [2.75, 3.05) is 0 Å². The zero-order valence-electron chi connectivity index (χ0n) is 9.92. The summed E-state index contributed by atoms with van der Waals surface area (Å²) in [6.45, 7) is 0. The highest BCUT2D eigenvalue weighted by Gasteiger charge is 2.15. The first kappa shape index (κ1) is 11.9. The molecule has 0 aliphatic rings. The number of hydrogen-bond donors (Lipinski definition) is 0. The fraction of sp³-hybridized carbons (Fsp3) is 0.0714. The minimum absolute atomic E-state index is 0.287. The van der Waals surface area contributed by atoms with E-state index < -0.39 is 0 Å². The number of imidazole rings is 1. The Kier molecular flexibility index (Phi) is 3.02. The first-order valence-corrected chi connectivity index (χ1v) is 6.55. The number of nitriles is 1. The number of nitrogens with zero attached hydrogens (tertiary/aromatic N) is 4. The topological polar surface area (TPSA) is 54.0 Å². The van der Waals surface area contributed by atoms with Crippen LogP contribution in [0.4, 0.5) is 0 Å². The van der Waals surface area contributed by atoms with Crippen molar-refractivity contribution in [3.63, 3.8) is 0 Å². The number of halogens is 1. The van der Waals surface area contributed by atoms with Crippen LogP contribution in [0.1, 0.15) is 5.69 Å². The second-order valence-corrected chi connectivity index (χ2v) is 4.81. The SMILES string of the molecule is N#CCc1c(-c2ccccn2)nc2cccc(Br)n12. The molecule has 4 nitrogen and oxygen atoms in total. The van der Waals surface area contributed by atoms with Gasteiger partial charge in [0.15, 0.2) is 0 Å². The smallest absolute Gasteiger partial charge is 0.138 e. The van der Waals surface area contributed by atoms with Crippen molar-refractivity contribution in [1.29, 1.82) is 5.26 Å². The Morgan fingerprint density at radius 2 is 2.11 bits per heavy atom. The highest BCUT2D eigenvalue weighted by atomic mass is 79.9. The van der Waals surface area contributed by atoms with E-state index in [1.165, 1.54) is 0 Å². The maximum Gasteiger partial charge on any atom is 0.138 e. The highest BCUT2D eigenvalue weighted by Crippen LogP contribution is 2.26. The summed E-state index contributed by atoms with van der Waals surface area (Å²) < 4.78 is 2.82. The van der Waals surface area contributed by atoms with Crippen LogP contribution in [-0.4, -0.2) is 14.4 Å². The van der Waals surface area contributed by atoms with Crippen LogP contribution in [0.25, 0.3) is 17.0 Å². The van der Waals surface area contributed by atoms with Crippen molar-refractivity contribution >= 4 is 21.6 Å². The molecule has 5 heteroatoms. The van der Waals surface area contributed by atoms with E-state index in [1.807, 2.05) is 40.8 Å². The standard InChI is InChI=1S/C14H9BrN4/c15-12-5-3-6-13-18-14(10-4-1-2-9-17-10)11(7-8-16)19(12)13/h1-6,9H,7H2. The van der Waals surface area contributed by atoms with Crippen molar-refractivity contribution in [1.82, 2.24) is 14.4 Å². The monoisotopic (exact) mass is 312 g/mol. The van der Waals surface area contributed by atoms with Crippen LogP contribution < -0.4 is 0 Å². The largest absolute Gasteiger partial charge is 0.289 e. The van der Waals surface area contributed by atoms with Gasteiger partial charge in [0.05, 0.1) is 28.5 Å². The minimum Gasteiger partial charge on any atom is -0.289 e. The third-order valence-corrected chi connectivity index (χ3v) is 3.46. The van der Waals surface area contributed by atoms with Crippen LogP contribution >= 0.6 is 15.9 Å². The molecular weight excluding hydrogens is 304 g/mol. The van der Waals surface area contributed by atoms with Gasteiger partial charge in [0.2, 0.25) is 0 Å². The van der Waals surface area contributed by atoms with Crippen molar-refractivity contribution in [3.05, 3.63) is 52.9 Å². The molecule has 92 valence electrons. The molecule has 0 aromatic carbocycles. The second kappa shape index (κ2) is 4.82. The maximum atomic E-state index is 9.03. The van der Waals surface area contributed by atoms with E-state index in [2.05, 4.69) is 32.0 Å². The van der Waals surface area contributed by atoms with E-state index >= 15 is 0 Å². The van der Waals surface area contributed by atoms with E-state index in [9.17, 15) is 0 Å². The predicted molar refractivity (Wildman–Crippen MR) is 75.4 cm³/mol. The molecule has 3 rings (SSSR count). The second-order valence-electron chi connectivity index (χ2n) is 4.00. The molecule has 0 N–H and O–H groups in total. The van der Waals surface area contributed by atoms with Crippen LogP contribution in [-0.2, 0) is 6.42 Å². The zero-order chi connectivity index (χ0) is 13.2. The molecule has 3 aromatic heterocycles. The third kappa shape index (κ3) is 2.00. The van der Waals surface area contributed by atoms with Gasteiger partial charge >= 0.3 is 0 Å². The Morgan fingerprint density at radius 1 is 1.21 bits per heavy atom. The lowest BCUT2D eigenvalue weighted by molar-refractivity contribution is 1.03. The molecule has 0 atom stereocenters. The van der Waals surface area contributed by atoms with Gasteiger partial charge in [0.25, 0.3) is 0 Å². The van der Waals surface area contributed by atoms with Crippen molar-refractivity contribution in [2.24, 2.45) is 0 Å². The summed E-state index contributed by atoms with van der Waals surface area (Å²) in [6.07, 6.45) is 2.01. The maximum absolute atomic E-state index is 9.03. The Labute approximate surface area is 118 Å². The summed E-state index contributed by atoms with van der Waals surface area (Å²) in [5, 5.41) is 9.03. The number of rotatable bonds is 2. The molecule has 0 saturated carbocycles. The van der Waals surface area contributed by atoms with Gasteiger partial charge in [-0.2, -0.15) is 5.26 Å². The Balaban J connectivity index is 2.34. The fourth-order valence-corrected chi connectivity index (χ4v) is 2.61. The fourth-order valence-electron chi connectivity index (χ4n) is 2.06. The number of hydrogen-bond acceptors (Lipinski definition) is 3. The molecule has 0 spiro atoms. The summed E-state index contributed by atoms with van der Waals surface area (Å²) in [5.41, 5.74) is 3.20. The molecular formula is C14H9BrN4. The Bertz CT molecular complexity index is 771. The normalized spacial score (nSPS) is 10.5. The quantitative estimate of drug-likeness (QED) is 0.683. The predicted octanol–water partition coefficient (Wildman–Crippen LogP) is 3.22. The van der Waals surface area contributed by atoms with Gasteiger partial charge in [-0.05, 0) is 40.2 Å². The number of fused-ring (bicyclic) bond motifs is 1. The van der Waals surface area contributed by atoms with E-state index in [0.717, 1.165) is 27.3 Å². The summed E-state index contributed by atoms with van der Waals surface area (Å²) in [7, 11) is 0. The van der Waals surface area contributed by atoms with Crippen molar-refractivity contribution < 1.29 is 0 Å². The first-order valence-electron chi connectivity index (χ1n) is 5.75. The average molecular weight is 313 g/mol. The lowest BCUT2D eigenvalue weighted by atomic mass is 10.2. The molecule has 19 heavy (non-hydrogen) atoms. The van der Waals surface area contributed by atoms with Gasteiger partial charge in [-0.25, -0.2) is 4.98 Å². The molecule has 0 bridgehead atoms. The Morgan fingerprint density at radius 3 is 2.84 bits per heavy atom. The molecule has 0 fully saturated rings. The third-order valence-electron chi connectivity index (χ3n) is 2.85. The zero-order valence-corrected chi connectivity index (χ0v) is 11.5. The molecule has 0 aliphatic heterocycles. The van der Waals surface area contributed by atoms with Gasteiger partial charge in [-0.15, -0.1) is 0 Å². The molecule has 0 amide bonds. The summed E-state index contributed by atoms with van der Waals surface area (Å²) in [5.74, 6) is 0. The van der Waals surface area contributed by atoms with Crippen LogP contribution in [0.2, 0.25) is 0 Å². The molecule has 0 radical (unpaired) electrons. The van der Waals surface area contributed by atoms with Crippen molar-refractivity contribution in [3.8, 4) is 17.5 Å². The summed E-state index contributed by atoms with van der Waals surface area (Å²) in [6, 6.07) is 13.6.